The van der Waals surface area contributed by atoms with Crippen molar-refractivity contribution in [1.82, 2.24) is 9.97 Å². The number of pyridine rings is 2. The Morgan fingerprint density at radius 1 is 1.33 bits per heavy atom. The Morgan fingerprint density at radius 3 is 2.78 bits per heavy atom. The largest absolute Gasteiger partial charge is 0.398 e. The molecule has 3 aromatic rings. The number of nitrogens with zero attached hydrogens (tertiary/aromatic N) is 2. The van der Waals surface area contributed by atoms with E-state index in [1.165, 1.54) is 0 Å². The van der Waals surface area contributed by atoms with Crippen LogP contribution >= 0.6 is 0 Å². The van der Waals surface area contributed by atoms with Crippen LogP contribution in [0.3, 0.4) is 0 Å². The average molecular weight is 362 g/mol. The minimum absolute atomic E-state index is 0.0117. The van der Waals surface area contributed by atoms with Crippen LogP contribution in [0.15, 0.2) is 36.8 Å². The van der Waals surface area contributed by atoms with Gasteiger partial charge < -0.3 is 16.2 Å². The molecule has 2 atom stereocenters. The molecule has 0 aliphatic heterocycles. The van der Waals surface area contributed by atoms with Crippen LogP contribution in [0.5, 0.6) is 0 Å². The van der Waals surface area contributed by atoms with Crippen LogP contribution in [0.1, 0.15) is 24.5 Å². The average Bonchev–Trinajstić information content (AvgIpc) is 3.39. The Hall–Kier alpha value is -2.99. The first-order valence-electron chi connectivity index (χ1n) is 9.03. The fourth-order valence-electron chi connectivity index (χ4n) is 3.50. The molecule has 2 aromatic heterocycles. The van der Waals surface area contributed by atoms with E-state index < -0.39 is 0 Å². The molecule has 4 N–H and O–H groups in total. The Kier molecular flexibility index (Phi) is 4.28. The highest BCUT2D eigenvalue weighted by molar-refractivity contribution is 6.01. The van der Waals surface area contributed by atoms with Gasteiger partial charge in [0.05, 0.1) is 6.61 Å². The summed E-state index contributed by atoms with van der Waals surface area (Å²) in [6.45, 7) is 3.88. The van der Waals surface area contributed by atoms with Gasteiger partial charge >= 0.3 is 0 Å². The van der Waals surface area contributed by atoms with Crippen molar-refractivity contribution >= 4 is 28.2 Å². The van der Waals surface area contributed by atoms with E-state index in [2.05, 4.69) is 22.2 Å². The van der Waals surface area contributed by atoms with E-state index >= 15 is 0 Å². The third kappa shape index (κ3) is 3.13. The van der Waals surface area contributed by atoms with Crippen molar-refractivity contribution in [2.45, 2.75) is 26.9 Å². The number of amides is 1. The summed E-state index contributed by atoms with van der Waals surface area (Å²) >= 11 is 0. The zero-order valence-electron chi connectivity index (χ0n) is 15.4. The maximum absolute atomic E-state index is 12.2. The zero-order valence-corrected chi connectivity index (χ0v) is 15.4. The number of hydrogen-bond acceptors (Lipinski definition) is 5. The van der Waals surface area contributed by atoms with Crippen molar-refractivity contribution < 1.29 is 9.90 Å². The summed E-state index contributed by atoms with van der Waals surface area (Å²) in [6, 6.07) is 5.72. The van der Waals surface area contributed by atoms with Crippen LogP contribution in [0.4, 0.5) is 11.5 Å². The Bertz CT molecular complexity index is 1050. The standard InChI is InChI=1S/C21H22N4O2/c1-11-3-4-23-8-16(11)15-6-13-7-19(25-21(27)14-5-12(14)2)24-9-17(13)20(22)18(15)10-26/h3-4,6-9,12,14,26H,5,10,22H2,1-2H3,(H,24,25,27)/t12-,14-/m1/s1. The first-order valence-corrected chi connectivity index (χ1v) is 9.03. The molecule has 2 heterocycles. The fraction of sp³-hybridized carbons (Fsp3) is 0.286. The lowest BCUT2D eigenvalue weighted by Crippen LogP contribution is -2.15. The molecule has 0 saturated heterocycles. The first-order chi connectivity index (χ1) is 13.0. The van der Waals surface area contributed by atoms with Crippen LogP contribution in [-0.4, -0.2) is 21.0 Å². The summed E-state index contributed by atoms with van der Waals surface area (Å²) in [5, 5.41) is 14.4. The zero-order chi connectivity index (χ0) is 19.1. The van der Waals surface area contributed by atoms with E-state index in [4.69, 9.17) is 5.73 Å². The number of rotatable bonds is 4. The summed E-state index contributed by atoms with van der Waals surface area (Å²) in [5.74, 6) is 1.04. The van der Waals surface area contributed by atoms with Gasteiger partial charge in [0.2, 0.25) is 5.91 Å². The molecule has 0 spiro atoms. The molecule has 1 aromatic carbocycles. The number of hydrogen-bond donors (Lipinski definition) is 3. The summed E-state index contributed by atoms with van der Waals surface area (Å²) in [5.41, 5.74) is 10.3. The van der Waals surface area contributed by atoms with Crippen LogP contribution in [-0.2, 0) is 11.4 Å². The highest BCUT2D eigenvalue weighted by Gasteiger charge is 2.39. The molecule has 1 aliphatic rings. The topological polar surface area (TPSA) is 101 Å². The SMILES string of the molecule is Cc1ccncc1-c1cc2cc(NC(=O)[C@@H]3C[C@H]3C)ncc2c(N)c1CO. The van der Waals surface area contributed by atoms with E-state index in [0.717, 1.165) is 33.9 Å². The number of fused-ring (bicyclic) bond motifs is 1. The molecule has 0 unspecified atom stereocenters. The first kappa shape index (κ1) is 17.4. The van der Waals surface area contributed by atoms with Crippen molar-refractivity contribution in [3.05, 3.63) is 47.9 Å². The molecular formula is C21H22N4O2. The summed E-state index contributed by atoms with van der Waals surface area (Å²) in [7, 11) is 0. The molecule has 6 nitrogen and oxygen atoms in total. The molecular weight excluding hydrogens is 340 g/mol. The highest BCUT2D eigenvalue weighted by atomic mass is 16.3. The van der Waals surface area contributed by atoms with Crippen LogP contribution in [0, 0.1) is 18.8 Å². The monoisotopic (exact) mass is 362 g/mol. The Morgan fingerprint density at radius 2 is 2.11 bits per heavy atom. The van der Waals surface area contributed by atoms with Gasteiger partial charge in [0.25, 0.3) is 0 Å². The van der Waals surface area contributed by atoms with Gasteiger partial charge in [-0.3, -0.25) is 9.78 Å². The van der Waals surface area contributed by atoms with Crippen molar-refractivity contribution in [2.75, 3.05) is 11.1 Å². The number of anilines is 2. The van der Waals surface area contributed by atoms with Gasteiger partial charge in [-0.25, -0.2) is 4.98 Å². The Balaban J connectivity index is 1.81. The second-order valence-corrected chi connectivity index (χ2v) is 7.26. The van der Waals surface area contributed by atoms with E-state index in [0.29, 0.717) is 23.0 Å². The van der Waals surface area contributed by atoms with E-state index in [-0.39, 0.29) is 18.4 Å². The fourth-order valence-corrected chi connectivity index (χ4v) is 3.50. The van der Waals surface area contributed by atoms with E-state index in [1.807, 2.05) is 25.1 Å². The van der Waals surface area contributed by atoms with Gasteiger partial charge in [0, 0.05) is 46.7 Å². The quantitative estimate of drug-likeness (QED) is 0.618. The van der Waals surface area contributed by atoms with Crippen molar-refractivity contribution in [1.29, 1.82) is 0 Å². The predicted molar refractivity (Wildman–Crippen MR) is 106 cm³/mol. The summed E-state index contributed by atoms with van der Waals surface area (Å²) in [4.78, 5) is 20.7. The van der Waals surface area contributed by atoms with Crippen molar-refractivity contribution in [3.63, 3.8) is 0 Å². The minimum atomic E-state index is -0.177. The van der Waals surface area contributed by atoms with Gasteiger partial charge in [-0.1, -0.05) is 6.92 Å². The number of aromatic nitrogens is 2. The van der Waals surface area contributed by atoms with Gasteiger partial charge in [-0.05, 0) is 54.0 Å². The molecule has 4 rings (SSSR count). The smallest absolute Gasteiger partial charge is 0.228 e. The Labute approximate surface area is 157 Å². The molecule has 1 saturated carbocycles. The lowest BCUT2D eigenvalue weighted by Gasteiger charge is -2.16. The van der Waals surface area contributed by atoms with Crippen LogP contribution in [0.25, 0.3) is 21.9 Å². The minimum Gasteiger partial charge on any atom is -0.398 e. The normalized spacial score (nSPS) is 18.5. The third-order valence-electron chi connectivity index (χ3n) is 5.36. The number of carbonyl (C=O) groups is 1. The van der Waals surface area contributed by atoms with Gasteiger partial charge in [0.1, 0.15) is 5.82 Å². The van der Waals surface area contributed by atoms with Crippen LogP contribution in [0.2, 0.25) is 0 Å². The van der Waals surface area contributed by atoms with Gasteiger partial charge in [-0.2, -0.15) is 0 Å². The molecule has 27 heavy (non-hydrogen) atoms. The molecule has 138 valence electrons. The number of carbonyl (C=O) groups excluding carboxylic acids is 1. The summed E-state index contributed by atoms with van der Waals surface area (Å²) in [6.07, 6.45) is 6.08. The summed E-state index contributed by atoms with van der Waals surface area (Å²) < 4.78 is 0. The lowest BCUT2D eigenvalue weighted by molar-refractivity contribution is -0.117. The highest BCUT2D eigenvalue weighted by Crippen LogP contribution is 2.39. The van der Waals surface area contributed by atoms with Crippen molar-refractivity contribution in [2.24, 2.45) is 11.8 Å². The number of aryl methyl sites for hydroxylation is 1. The number of aliphatic hydroxyl groups is 1. The molecule has 0 radical (unpaired) electrons. The number of nitrogens with two attached hydrogens (primary N) is 1. The molecule has 1 aliphatic carbocycles. The lowest BCUT2D eigenvalue weighted by atomic mass is 9.93. The second-order valence-electron chi connectivity index (χ2n) is 7.26. The molecule has 1 fully saturated rings. The molecule has 0 bridgehead atoms. The maximum Gasteiger partial charge on any atom is 0.228 e. The number of nitrogen functional groups attached to an aromatic ring is 1. The van der Waals surface area contributed by atoms with E-state index in [9.17, 15) is 9.90 Å². The second kappa shape index (κ2) is 6.63. The third-order valence-corrected chi connectivity index (χ3v) is 5.36. The predicted octanol–water partition coefficient (Wildman–Crippen LogP) is 3.27. The number of nitrogens with one attached hydrogen (secondary N) is 1. The van der Waals surface area contributed by atoms with Crippen LogP contribution < -0.4 is 11.1 Å². The van der Waals surface area contributed by atoms with Gasteiger partial charge in [-0.15, -0.1) is 0 Å². The number of benzene rings is 1. The molecule has 1 amide bonds. The van der Waals surface area contributed by atoms with E-state index in [1.54, 1.807) is 18.6 Å². The van der Waals surface area contributed by atoms with Crippen molar-refractivity contribution in [3.8, 4) is 11.1 Å². The number of aliphatic hydroxyl groups excluding tert-OH is 1. The van der Waals surface area contributed by atoms with Gasteiger partial charge in [0.15, 0.2) is 0 Å². The maximum atomic E-state index is 12.2. The molecule has 6 heteroatoms.